The second-order valence-electron chi connectivity index (χ2n) is 8.27. The molecule has 2 aliphatic heterocycles. The van der Waals surface area contributed by atoms with Gasteiger partial charge >= 0.3 is 0 Å². The Balaban J connectivity index is 1.22. The van der Waals surface area contributed by atoms with Crippen molar-refractivity contribution < 1.29 is 9.59 Å². The zero-order valence-corrected chi connectivity index (χ0v) is 19.4. The first-order valence-electron chi connectivity index (χ1n) is 10.9. The van der Waals surface area contributed by atoms with Crippen LogP contribution in [0.15, 0.2) is 60.9 Å². The van der Waals surface area contributed by atoms with Crippen molar-refractivity contribution in [3.05, 3.63) is 71.0 Å². The van der Waals surface area contributed by atoms with E-state index in [1.165, 1.54) is 0 Å². The molecule has 2 saturated heterocycles. The molecule has 0 N–H and O–H groups in total. The Hall–Kier alpha value is -3.03. The standard InChI is InChI=1S/C24H23Cl2N5O2/c25-18-4-6-20(7-5-18)31-16-17(14-22(31)32)23(33)28-10-12-29(13-11-28)24-27-8-9-30(24)21-3-1-2-19(26)15-21/h1-9,15,17H,10-14,16H2. The van der Waals surface area contributed by atoms with E-state index in [1.54, 1.807) is 23.2 Å². The fourth-order valence-electron chi connectivity index (χ4n) is 4.49. The summed E-state index contributed by atoms with van der Waals surface area (Å²) < 4.78 is 2.00. The van der Waals surface area contributed by atoms with Gasteiger partial charge in [-0.15, -0.1) is 0 Å². The maximum atomic E-state index is 13.2. The summed E-state index contributed by atoms with van der Waals surface area (Å²) in [5, 5.41) is 1.29. The molecule has 7 nitrogen and oxygen atoms in total. The highest BCUT2D eigenvalue weighted by atomic mass is 35.5. The van der Waals surface area contributed by atoms with E-state index in [2.05, 4.69) is 9.88 Å². The first-order chi connectivity index (χ1) is 16.0. The number of carbonyl (C=O) groups is 2. The van der Waals surface area contributed by atoms with Crippen LogP contribution >= 0.6 is 23.2 Å². The van der Waals surface area contributed by atoms with Crippen LogP contribution in [-0.2, 0) is 9.59 Å². The lowest BCUT2D eigenvalue weighted by atomic mass is 10.1. The van der Waals surface area contributed by atoms with Gasteiger partial charge in [0, 0.05) is 73.0 Å². The van der Waals surface area contributed by atoms with Crippen molar-refractivity contribution in [2.75, 3.05) is 42.5 Å². The van der Waals surface area contributed by atoms with Crippen molar-refractivity contribution in [2.24, 2.45) is 5.92 Å². The van der Waals surface area contributed by atoms with Gasteiger partial charge < -0.3 is 14.7 Å². The fraction of sp³-hybridized carbons (Fsp3) is 0.292. The fourth-order valence-corrected chi connectivity index (χ4v) is 4.80. The lowest BCUT2D eigenvalue weighted by Crippen LogP contribution is -2.51. The summed E-state index contributed by atoms with van der Waals surface area (Å²) in [5.41, 5.74) is 1.72. The van der Waals surface area contributed by atoms with E-state index in [0.717, 1.165) is 17.3 Å². The quantitative estimate of drug-likeness (QED) is 0.564. The minimum absolute atomic E-state index is 0.0298. The first kappa shape index (κ1) is 21.8. The predicted octanol–water partition coefficient (Wildman–Crippen LogP) is 3.88. The zero-order valence-electron chi connectivity index (χ0n) is 17.9. The Morgan fingerprint density at radius 2 is 1.70 bits per heavy atom. The molecule has 5 rings (SSSR count). The first-order valence-corrected chi connectivity index (χ1v) is 11.6. The number of anilines is 2. The van der Waals surface area contributed by atoms with E-state index in [0.29, 0.717) is 42.8 Å². The smallest absolute Gasteiger partial charge is 0.228 e. The second-order valence-corrected chi connectivity index (χ2v) is 9.14. The highest BCUT2D eigenvalue weighted by molar-refractivity contribution is 6.31. The predicted molar refractivity (Wildman–Crippen MR) is 129 cm³/mol. The van der Waals surface area contributed by atoms with Crippen molar-refractivity contribution in [2.45, 2.75) is 6.42 Å². The van der Waals surface area contributed by atoms with Crippen molar-refractivity contribution >= 4 is 46.7 Å². The molecule has 3 aromatic rings. The van der Waals surface area contributed by atoms with Crippen molar-refractivity contribution in [3.63, 3.8) is 0 Å². The highest BCUT2D eigenvalue weighted by Gasteiger charge is 2.38. The van der Waals surface area contributed by atoms with Crippen LogP contribution in [-0.4, -0.2) is 59.0 Å². The lowest BCUT2D eigenvalue weighted by molar-refractivity contribution is -0.136. The van der Waals surface area contributed by atoms with Crippen molar-refractivity contribution in [3.8, 4) is 5.69 Å². The van der Waals surface area contributed by atoms with Crippen LogP contribution < -0.4 is 9.80 Å². The SMILES string of the molecule is O=C(C1CC(=O)N(c2ccc(Cl)cc2)C1)N1CCN(c2nccn2-c2cccc(Cl)c2)CC1. The summed E-state index contributed by atoms with van der Waals surface area (Å²) >= 11 is 12.1. The van der Waals surface area contributed by atoms with Gasteiger partial charge in [-0.1, -0.05) is 29.3 Å². The average molecular weight is 484 g/mol. The number of rotatable bonds is 4. The molecule has 0 spiro atoms. The summed E-state index contributed by atoms with van der Waals surface area (Å²) in [6.45, 7) is 2.92. The summed E-state index contributed by atoms with van der Waals surface area (Å²) in [6, 6.07) is 14.8. The Morgan fingerprint density at radius 3 is 2.42 bits per heavy atom. The average Bonchev–Trinajstić information content (AvgIpc) is 3.46. The Bertz CT molecular complexity index is 1170. The van der Waals surface area contributed by atoms with Crippen LogP contribution in [0.5, 0.6) is 0 Å². The molecular weight excluding hydrogens is 461 g/mol. The monoisotopic (exact) mass is 483 g/mol. The third-order valence-corrected chi connectivity index (χ3v) is 6.68. The van der Waals surface area contributed by atoms with Crippen LogP contribution in [0.1, 0.15) is 6.42 Å². The number of piperazine rings is 1. The Morgan fingerprint density at radius 1 is 0.939 bits per heavy atom. The number of imidazole rings is 1. The number of nitrogens with zero attached hydrogens (tertiary/aromatic N) is 5. The molecule has 170 valence electrons. The van der Waals surface area contributed by atoms with Gasteiger partial charge in [-0.2, -0.15) is 0 Å². The normalized spacial score (nSPS) is 18.8. The molecule has 2 amide bonds. The van der Waals surface area contributed by atoms with E-state index < -0.39 is 0 Å². The Labute approximate surface area is 202 Å². The maximum absolute atomic E-state index is 13.2. The molecule has 2 aromatic carbocycles. The molecule has 2 fully saturated rings. The number of amides is 2. The van der Waals surface area contributed by atoms with E-state index in [1.807, 2.05) is 52.1 Å². The molecule has 0 saturated carbocycles. The van der Waals surface area contributed by atoms with E-state index in [9.17, 15) is 9.59 Å². The van der Waals surface area contributed by atoms with Gasteiger partial charge in [-0.25, -0.2) is 4.98 Å². The van der Waals surface area contributed by atoms with Crippen molar-refractivity contribution in [1.82, 2.24) is 14.5 Å². The third kappa shape index (κ3) is 4.43. The highest BCUT2D eigenvalue weighted by Crippen LogP contribution is 2.28. The largest absolute Gasteiger partial charge is 0.339 e. The lowest BCUT2D eigenvalue weighted by Gasteiger charge is -2.36. The zero-order chi connectivity index (χ0) is 22.9. The minimum atomic E-state index is -0.326. The molecule has 3 heterocycles. The summed E-state index contributed by atoms with van der Waals surface area (Å²) in [4.78, 5) is 36.0. The van der Waals surface area contributed by atoms with Gasteiger partial charge in [0.1, 0.15) is 0 Å². The molecule has 1 aromatic heterocycles. The topological polar surface area (TPSA) is 61.7 Å². The molecule has 0 aliphatic carbocycles. The molecule has 33 heavy (non-hydrogen) atoms. The third-order valence-electron chi connectivity index (χ3n) is 6.19. The Kier molecular flexibility index (Phi) is 6.00. The number of hydrogen-bond donors (Lipinski definition) is 0. The molecule has 2 aliphatic rings. The molecule has 0 bridgehead atoms. The summed E-state index contributed by atoms with van der Waals surface area (Å²) in [7, 11) is 0. The van der Waals surface area contributed by atoms with Crippen LogP contribution in [0.25, 0.3) is 5.69 Å². The van der Waals surface area contributed by atoms with Crippen molar-refractivity contribution in [1.29, 1.82) is 0 Å². The van der Waals surface area contributed by atoms with E-state index in [-0.39, 0.29) is 24.2 Å². The van der Waals surface area contributed by atoms with Gasteiger partial charge in [0.2, 0.25) is 17.8 Å². The van der Waals surface area contributed by atoms with Gasteiger partial charge in [0.25, 0.3) is 0 Å². The summed E-state index contributed by atoms with van der Waals surface area (Å²) in [5.74, 6) is 0.512. The molecule has 1 atom stereocenters. The summed E-state index contributed by atoms with van der Waals surface area (Å²) in [6.07, 6.45) is 3.91. The minimum Gasteiger partial charge on any atom is -0.339 e. The number of benzene rings is 2. The molecule has 0 radical (unpaired) electrons. The number of carbonyl (C=O) groups excluding carboxylic acids is 2. The number of aromatic nitrogens is 2. The second kappa shape index (κ2) is 9.08. The van der Waals surface area contributed by atoms with Gasteiger partial charge in [0.15, 0.2) is 0 Å². The van der Waals surface area contributed by atoms with Crippen LogP contribution in [0.3, 0.4) is 0 Å². The molecular formula is C24H23Cl2N5O2. The van der Waals surface area contributed by atoms with Crippen LogP contribution in [0.4, 0.5) is 11.6 Å². The van der Waals surface area contributed by atoms with E-state index in [4.69, 9.17) is 23.2 Å². The molecule has 1 unspecified atom stereocenters. The van der Waals surface area contributed by atoms with E-state index >= 15 is 0 Å². The number of hydrogen-bond acceptors (Lipinski definition) is 4. The van der Waals surface area contributed by atoms with Crippen LogP contribution in [0, 0.1) is 5.92 Å². The van der Waals surface area contributed by atoms with Gasteiger partial charge in [-0.05, 0) is 42.5 Å². The maximum Gasteiger partial charge on any atom is 0.228 e. The molecule has 9 heteroatoms. The van der Waals surface area contributed by atoms with Gasteiger partial charge in [-0.3, -0.25) is 14.2 Å². The van der Waals surface area contributed by atoms with Crippen LogP contribution in [0.2, 0.25) is 10.0 Å². The number of halogens is 2. The van der Waals surface area contributed by atoms with Gasteiger partial charge in [0.05, 0.1) is 5.92 Å².